The Kier molecular flexibility index (Phi) is 5.19. The summed E-state index contributed by atoms with van der Waals surface area (Å²) in [4.78, 5) is 12.5. The van der Waals surface area contributed by atoms with E-state index in [0.717, 1.165) is 26.9 Å². The molecule has 0 unspecified atom stereocenters. The number of hydrogen-bond donors (Lipinski definition) is 1. The fourth-order valence-corrected chi connectivity index (χ4v) is 3.71. The van der Waals surface area contributed by atoms with Gasteiger partial charge in [-0.25, -0.2) is 0 Å². The second kappa shape index (κ2) is 7.63. The smallest absolute Gasteiger partial charge is 0.256 e. The van der Waals surface area contributed by atoms with Crippen molar-refractivity contribution in [3.8, 4) is 11.5 Å². The van der Waals surface area contributed by atoms with Crippen LogP contribution in [0.15, 0.2) is 59.1 Å². The third-order valence-corrected chi connectivity index (χ3v) is 6.06. The first kappa shape index (κ1) is 19.1. The first-order valence-corrected chi connectivity index (χ1v) is 10.0. The van der Waals surface area contributed by atoms with E-state index in [2.05, 4.69) is 21.2 Å². The van der Waals surface area contributed by atoms with E-state index in [1.807, 2.05) is 49.4 Å². The van der Waals surface area contributed by atoms with E-state index in [9.17, 15) is 4.79 Å². The van der Waals surface area contributed by atoms with Crippen LogP contribution in [-0.2, 0) is 4.79 Å². The molecule has 4 rings (SSSR count). The lowest BCUT2D eigenvalue weighted by atomic mass is 9.99. The summed E-state index contributed by atoms with van der Waals surface area (Å²) in [5.74, 6) is 1.10. The van der Waals surface area contributed by atoms with Gasteiger partial charge in [-0.2, -0.15) is 0 Å². The third-order valence-electron chi connectivity index (χ3n) is 4.46. The summed E-state index contributed by atoms with van der Waals surface area (Å²) in [5, 5.41) is 3.82. The number of benzene rings is 3. The molecule has 1 aliphatic heterocycles. The Morgan fingerprint density at radius 2 is 1.79 bits per heavy atom. The van der Waals surface area contributed by atoms with Gasteiger partial charge in [0.05, 0.1) is 10.0 Å². The first-order chi connectivity index (χ1) is 13.4. The lowest BCUT2D eigenvalue weighted by molar-refractivity contribution is -0.110. The predicted molar refractivity (Wildman–Crippen MR) is 118 cm³/mol. The molecule has 1 amide bonds. The SMILES string of the molecule is Cc1c(Br)ccc2c1C(=Cc1cccc(Oc3ccc(Cl)c(Cl)c3)c1)C(=O)N2. The molecule has 140 valence electrons. The molecule has 0 aliphatic carbocycles. The highest BCUT2D eigenvalue weighted by molar-refractivity contribution is 9.10. The van der Waals surface area contributed by atoms with Crippen molar-refractivity contribution in [3.05, 3.63) is 85.8 Å². The molecule has 1 aliphatic rings. The lowest BCUT2D eigenvalue weighted by Gasteiger charge is -2.08. The molecule has 1 N–H and O–H groups in total. The van der Waals surface area contributed by atoms with Crippen LogP contribution in [0.25, 0.3) is 11.6 Å². The third kappa shape index (κ3) is 3.68. The molecule has 3 aromatic carbocycles. The molecular formula is C22H14BrCl2NO2. The van der Waals surface area contributed by atoms with Crippen LogP contribution in [0.3, 0.4) is 0 Å². The maximum absolute atomic E-state index is 12.5. The van der Waals surface area contributed by atoms with Crippen LogP contribution in [-0.4, -0.2) is 5.91 Å². The molecule has 0 saturated heterocycles. The average molecular weight is 475 g/mol. The number of amides is 1. The minimum atomic E-state index is -0.119. The van der Waals surface area contributed by atoms with E-state index in [-0.39, 0.29) is 5.91 Å². The van der Waals surface area contributed by atoms with Crippen molar-refractivity contribution >= 4 is 62.4 Å². The van der Waals surface area contributed by atoms with Gasteiger partial charge >= 0.3 is 0 Å². The largest absolute Gasteiger partial charge is 0.457 e. The molecule has 28 heavy (non-hydrogen) atoms. The number of fused-ring (bicyclic) bond motifs is 1. The van der Waals surface area contributed by atoms with Crippen molar-refractivity contribution in [2.45, 2.75) is 6.92 Å². The van der Waals surface area contributed by atoms with E-state index in [1.54, 1.807) is 18.2 Å². The normalized spacial score (nSPS) is 14.1. The van der Waals surface area contributed by atoms with Gasteiger partial charge in [-0.3, -0.25) is 4.79 Å². The summed E-state index contributed by atoms with van der Waals surface area (Å²) in [7, 11) is 0. The quantitative estimate of drug-likeness (QED) is 0.403. The highest BCUT2D eigenvalue weighted by Gasteiger charge is 2.26. The minimum Gasteiger partial charge on any atom is -0.457 e. The summed E-state index contributed by atoms with van der Waals surface area (Å²) >= 11 is 15.5. The van der Waals surface area contributed by atoms with Crippen LogP contribution in [0, 0.1) is 6.92 Å². The summed E-state index contributed by atoms with van der Waals surface area (Å²) in [6, 6.07) is 16.4. The predicted octanol–water partition coefficient (Wildman–Crippen LogP) is 7.35. The summed E-state index contributed by atoms with van der Waals surface area (Å²) in [5.41, 5.74) is 4.23. The summed E-state index contributed by atoms with van der Waals surface area (Å²) in [6.45, 7) is 1.99. The number of anilines is 1. The van der Waals surface area contributed by atoms with Gasteiger partial charge in [0.25, 0.3) is 5.91 Å². The minimum absolute atomic E-state index is 0.119. The van der Waals surface area contributed by atoms with Crippen molar-refractivity contribution in [1.82, 2.24) is 0 Å². The van der Waals surface area contributed by atoms with E-state index in [1.165, 1.54) is 0 Å². The zero-order valence-corrected chi connectivity index (χ0v) is 17.8. The molecule has 0 radical (unpaired) electrons. The molecule has 3 aromatic rings. The highest BCUT2D eigenvalue weighted by Crippen LogP contribution is 2.39. The van der Waals surface area contributed by atoms with Gasteiger partial charge in [-0.05, 0) is 60.5 Å². The lowest BCUT2D eigenvalue weighted by Crippen LogP contribution is -2.03. The highest BCUT2D eigenvalue weighted by atomic mass is 79.9. The van der Waals surface area contributed by atoms with E-state index in [0.29, 0.717) is 27.1 Å². The number of rotatable bonds is 3. The molecule has 0 bridgehead atoms. The first-order valence-electron chi connectivity index (χ1n) is 8.48. The fraction of sp³-hybridized carbons (Fsp3) is 0.0455. The van der Waals surface area contributed by atoms with E-state index in [4.69, 9.17) is 27.9 Å². The Bertz CT molecular complexity index is 1140. The van der Waals surface area contributed by atoms with Crippen molar-refractivity contribution < 1.29 is 9.53 Å². The van der Waals surface area contributed by atoms with Gasteiger partial charge < -0.3 is 10.1 Å². The van der Waals surface area contributed by atoms with Crippen molar-refractivity contribution in [2.75, 3.05) is 5.32 Å². The van der Waals surface area contributed by atoms with E-state index < -0.39 is 0 Å². The van der Waals surface area contributed by atoms with Crippen LogP contribution in [0.1, 0.15) is 16.7 Å². The Morgan fingerprint density at radius 1 is 1.00 bits per heavy atom. The van der Waals surface area contributed by atoms with Crippen molar-refractivity contribution in [3.63, 3.8) is 0 Å². The van der Waals surface area contributed by atoms with Crippen LogP contribution >= 0.6 is 39.1 Å². The Morgan fingerprint density at radius 3 is 2.57 bits per heavy atom. The van der Waals surface area contributed by atoms with Gasteiger partial charge in [0.15, 0.2) is 0 Å². The standard InChI is InChI=1S/C22H14BrCl2NO2/c1-12-17(23)6-8-20-21(12)16(22(27)26-20)10-13-3-2-4-14(9-13)28-15-5-7-18(24)19(25)11-15/h2-11H,1H3,(H,26,27). The summed E-state index contributed by atoms with van der Waals surface area (Å²) in [6.07, 6.45) is 1.86. The monoisotopic (exact) mass is 473 g/mol. The topological polar surface area (TPSA) is 38.3 Å². The van der Waals surface area contributed by atoms with Crippen LogP contribution < -0.4 is 10.1 Å². The van der Waals surface area contributed by atoms with Gasteiger partial charge in [0, 0.05) is 27.4 Å². The van der Waals surface area contributed by atoms with Gasteiger partial charge in [0.1, 0.15) is 11.5 Å². The molecule has 3 nitrogen and oxygen atoms in total. The number of carbonyl (C=O) groups is 1. The summed E-state index contributed by atoms with van der Waals surface area (Å²) < 4.78 is 6.84. The molecule has 0 atom stereocenters. The second-order valence-corrected chi connectivity index (χ2v) is 8.03. The van der Waals surface area contributed by atoms with Gasteiger partial charge in [-0.15, -0.1) is 0 Å². The number of carbonyl (C=O) groups excluding carboxylic acids is 1. The van der Waals surface area contributed by atoms with Crippen molar-refractivity contribution in [1.29, 1.82) is 0 Å². The Labute approximate surface area is 181 Å². The zero-order valence-electron chi connectivity index (χ0n) is 14.7. The van der Waals surface area contributed by atoms with Crippen LogP contribution in [0.5, 0.6) is 11.5 Å². The maximum Gasteiger partial charge on any atom is 0.256 e. The molecule has 0 saturated carbocycles. The van der Waals surface area contributed by atoms with Crippen LogP contribution in [0.4, 0.5) is 5.69 Å². The Hall–Kier alpha value is -2.27. The Balaban J connectivity index is 1.68. The molecule has 6 heteroatoms. The van der Waals surface area contributed by atoms with Gasteiger partial charge in [-0.1, -0.05) is 51.3 Å². The van der Waals surface area contributed by atoms with E-state index >= 15 is 0 Å². The average Bonchev–Trinajstić information content (AvgIpc) is 2.98. The number of nitrogens with one attached hydrogen (secondary N) is 1. The van der Waals surface area contributed by atoms with Crippen LogP contribution in [0.2, 0.25) is 10.0 Å². The number of ether oxygens (including phenoxy) is 1. The zero-order chi connectivity index (χ0) is 19.8. The number of halogens is 3. The fourth-order valence-electron chi connectivity index (χ4n) is 3.09. The molecule has 0 aromatic heterocycles. The second-order valence-electron chi connectivity index (χ2n) is 6.36. The molecular weight excluding hydrogens is 461 g/mol. The molecule has 1 heterocycles. The number of hydrogen-bond acceptors (Lipinski definition) is 2. The molecule has 0 fully saturated rings. The van der Waals surface area contributed by atoms with Gasteiger partial charge in [0.2, 0.25) is 0 Å². The maximum atomic E-state index is 12.5. The van der Waals surface area contributed by atoms with Crippen molar-refractivity contribution in [2.24, 2.45) is 0 Å². The molecule has 0 spiro atoms.